The molecule has 0 unspecified atom stereocenters. The Bertz CT molecular complexity index is 746. The number of rotatable bonds is 7. The summed E-state index contributed by atoms with van der Waals surface area (Å²) in [6.07, 6.45) is 3.34. The second-order valence-corrected chi connectivity index (χ2v) is 6.45. The summed E-state index contributed by atoms with van der Waals surface area (Å²) in [5.41, 5.74) is 2.15. The number of aromatic nitrogens is 1. The van der Waals surface area contributed by atoms with Crippen molar-refractivity contribution >= 4 is 11.7 Å². The predicted molar refractivity (Wildman–Crippen MR) is 101 cm³/mol. The smallest absolute Gasteiger partial charge is 0.226 e. The van der Waals surface area contributed by atoms with Crippen molar-refractivity contribution in [1.82, 2.24) is 10.3 Å². The van der Waals surface area contributed by atoms with Crippen LogP contribution in [0.2, 0.25) is 0 Å². The number of nitrogens with zero attached hydrogens (tertiary/aromatic N) is 1. The monoisotopic (exact) mass is 355 g/mol. The number of hydrogen-bond donors (Lipinski definition) is 2. The highest BCUT2D eigenvalue weighted by Crippen LogP contribution is 2.35. The first-order chi connectivity index (χ1) is 12.7. The molecule has 26 heavy (non-hydrogen) atoms. The van der Waals surface area contributed by atoms with Crippen LogP contribution in [-0.2, 0) is 11.2 Å². The second-order valence-electron chi connectivity index (χ2n) is 6.45. The summed E-state index contributed by atoms with van der Waals surface area (Å²) < 4.78 is 11.1. The Labute approximate surface area is 153 Å². The zero-order valence-corrected chi connectivity index (χ0v) is 15.2. The summed E-state index contributed by atoms with van der Waals surface area (Å²) in [5, 5.41) is 6.25. The van der Waals surface area contributed by atoms with Gasteiger partial charge in [0.15, 0.2) is 11.5 Å². The molecule has 1 aromatic carbocycles. The number of pyridine rings is 1. The van der Waals surface area contributed by atoms with Gasteiger partial charge in [-0.3, -0.25) is 4.79 Å². The van der Waals surface area contributed by atoms with E-state index in [1.165, 1.54) is 0 Å². The molecule has 6 heteroatoms. The lowest BCUT2D eigenvalue weighted by atomic mass is 9.95. The van der Waals surface area contributed by atoms with E-state index in [9.17, 15) is 4.79 Å². The van der Waals surface area contributed by atoms with Gasteiger partial charge in [0.05, 0.1) is 13.0 Å². The number of carbonyl (C=O) groups is 1. The van der Waals surface area contributed by atoms with Gasteiger partial charge >= 0.3 is 0 Å². The van der Waals surface area contributed by atoms with Crippen LogP contribution in [0.4, 0.5) is 5.82 Å². The zero-order valence-electron chi connectivity index (χ0n) is 15.2. The summed E-state index contributed by atoms with van der Waals surface area (Å²) in [6.45, 7) is 3.78. The van der Waals surface area contributed by atoms with E-state index in [1.54, 1.807) is 7.11 Å². The van der Waals surface area contributed by atoms with Gasteiger partial charge in [-0.25, -0.2) is 4.98 Å². The molecule has 138 valence electrons. The molecule has 0 fully saturated rings. The predicted octanol–water partition coefficient (Wildman–Crippen LogP) is 2.57. The van der Waals surface area contributed by atoms with Crippen LogP contribution in [0.15, 0.2) is 36.5 Å². The fraction of sp³-hybridized carbons (Fsp3) is 0.400. The highest BCUT2D eigenvalue weighted by molar-refractivity contribution is 5.79. The molecule has 6 nitrogen and oxygen atoms in total. The molecular formula is C20H25N3O3. The number of methoxy groups -OCH3 is 1. The normalized spacial score (nSPS) is 15.5. The highest BCUT2D eigenvalue weighted by Gasteiger charge is 2.27. The first kappa shape index (κ1) is 18.0. The van der Waals surface area contributed by atoms with Crippen molar-refractivity contribution in [3.63, 3.8) is 0 Å². The minimum absolute atomic E-state index is 0.0342. The summed E-state index contributed by atoms with van der Waals surface area (Å²) in [7, 11) is 1.62. The molecule has 2 N–H and O–H groups in total. The fourth-order valence-electron chi connectivity index (χ4n) is 2.96. The first-order valence-corrected chi connectivity index (χ1v) is 8.90. The van der Waals surface area contributed by atoms with Crippen LogP contribution in [-0.4, -0.2) is 37.7 Å². The lowest BCUT2D eigenvalue weighted by Gasteiger charge is -2.25. The number of nitrogens with one attached hydrogen (secondary N) is 2. The van der Waals surface area contributed by atoms with Crippen molar-refractivity contribution < 1.29 is 14.3 Å². The van der Waals surface area contributed by atoms with Gasteiger partial charge in [0.2, 0.25) is 5.91 Å². The maximum Gasteiger partial charge on any atom is 0.226 e. The van der Waals surface area contributed by atoms with Gasteiger partial charge < -0.3 is 20.1 Å². The molecular weight excluding hydrogens is 330 g/mol. The first-order valence-electron chi connectivity index (χ1n) is 8.90. The number of hydrogen-bond acceptors (Lipinski definition) is 5. The van der Waals surface area contributed by atoms with Gasteiger partial charge in [0.1, 0.15) is 12.4 Å². The summed E-state index contributed by atoms with van der Waals surface area (Å²) in [5.74, 6) is 2.20. The minimum atomic E-state index is -0.165. The van der Waals surface area contributed by atoms with Gasteiger partial charge in [0, 0.05) is 19.3 Å². The van der Waals surface area contributed by atoms with Crippen LogP contribution in [0.5, 0.6) is 11.5 Å². The molecule has 0 saturated heterocycles. The minimum Gasteiger partial charge on any atom is -0.493 e. The van der Waals surface area contributed by atoms with Crippen molar-refractivity contribution in [1.29, 1.82) is 0 Å². The number of amides is 1. The Kier molecular flexibility index (Phi) is 5.94. The van der Waals surface area contributed by atoms with Crippen LogP contribution >= 0.6 is 0 Å². The van der Waals surface area contributed by atoms with E-state index in [0.29, 0.717) is 19.6 Å². The molecule has 3 rings (SSSR count). The number of para-hydroxylation sites is 1. The Balaban J connectivity index is 1.40. The van der Waals surface area contributed by atoms with Crippen molar-refractivity contribution in [2.45, 2.75) is 19.8 Å². The van der Waals surface area contributed by atoms with Crippen LogP contribution in [0.1, 0.15) is 17.5 Å². The van der Waals surface area contributed by atoms with Gasteiger partial charge in [-0.05, 0) is 43.0 Å². The number of aryl methyl sites for hydroxylation is 1. The fourth-order valence-corrected chi connectivity index (χ4v) is 2.96. The maximum atomic E-state index is 12.4. The van der Waals surface area contributed by atoms with Crippen molar-refractivity contribution in [2.24, 2.45) is 5.92 Å². The van der Waals surface area contributed by atoms with Crippen LogP contribution < -0.4 is 20.1 Å². The SMILES string of the molecule is COc1cccc2c1OC[C@H](C(=O)NCCCNc1ccc(C)cn1)C2. The molecule has 1 aromatic heterocycles. The standard InChI is InChI=1S/C20H25N3O3/c1-14-7-8-18(23-12-14)21-9-4-10-22-20(24)16-11-15-5-3-6-17(25-2)19(15)26-13-16/h3,5-8,12,16H,4,9-11,13H2,1-2H3,(H,21,23)(H,22,24)/t16-/m1/s1. The third-order valence-corrected chi connectivity index (χ3v) is 4.42. The molecule has 0 bridgehead atoms. The third-order valence-electron chi connectivity index (χ3n) is 4.42. The van der Waals surface area contributed by atoms with E-state index >= 15 is 0 Å². The molecule has 2 heterocycles. The third kappa shape index (κ3) is 4.45. The van der Waals surface area contributed by atoms with E-state index < -0.39 is 0 Å². The van der Waals surface area contributed by atoms with Gasteiger partial charge in [-0.15, -0.1) is 0 Å². The maximum absolute atomic E-state index is 12.4. The number of anilines is 1. The lowest BCUT2D eigenvalue weighted by molar-refractivity contribution is -0.126. The Hall–Kier alpha value is -2.76. The topological polar surface area (TPSA) is 72.5 Å². The second kappa shape index (κ2) is 8.56. The lowest BCUT2D eigenvalue weighted by Crippen LogP contribution is -2.38. The number of ether oxygens (including phenoxy) is 2. The molecule has 1 atom stereocenters. The molecule has 1 aliphatic heterocycles. The molecule has 1 aliphatic rings. The molecule has 0 spiro atoms. The number of fused-ring (bicyclic) bond motifs is 1. The Morgan fingerprint density at radius 3 is 2.96 bits per heavy atom. The average Bonchev–Trinajstić information content (AvgIpc) is 2.68. The van der Waals surface area contributed by atoms with Crippen LogP contribution in [0.3, 0.4) is 0 Å². The van der Waals surface area contributed by atoms with Crippen LogP contribution in [0, 0.1) is 12.8 Å². The molecule has 0 saturated carbocycles. The summed E-state index contributed by atoms with van der Waals surface area (Å²) >= 11 is 0. The number of carbonyl (C=O) groups excluding carboxylic acids is 1. The largest absolute Gasteiger partial charge is 0.493 e. The van der Waals surface area contributed by atoms with Crippen LogP contribution in [0.25, 0.3) is 0 Å². The van der Waals surface area contributed by atoms with E-state index in [2.05, 4.69) is 15.6 Å². The van der Waals surface area contributed by atoms with Gasteiger partial charge in [-0.2, -0.15) is 0 Å². The van der Waals surface area contributed by atoms with Gasteiger partial charge in [0.25, 0.3) is 0 Å². The summed E-state index contributed by atoms with van der Waals surface area (Å²) in [4.78, 5) is 16.7. The molecule has 1 amide bonds. The van der Waals surface area contributed by atoms with Crippen molar-refractivity contribution in [3.8, 4) is 11.5 Å². The van der Waals surface area contributed by atoms with E-state index in [1.807, 2.05) is 43.5 Å². The summed E-state index contributed by atoms with van der Waals surface area (Å²) in [6, 6.07) is 9.75. The highest BCUT2D eigenvalue weighted by atomic mass is 16.5. The molecule has 0 radical (unpaired) electrons. The van der Waals surface area contributed by atoms with E-state index in [0.717, 1.165) is 41.4 Å². The zero-order chi connectivity index (χ0) is 18.4. The average molecular weight is 355 g/mol. The van der Waals surface area contributed by atoms with E-state index in [-0.39, 0.29) is 11.8 Å². The quantitative estimate of drug-likeness (QED) is 0.747. The Morgan fingerprint density at radius 2 is 2.19 bits per heavy atom. The van der Waals surface area contributed by atoms with Gasteiger partial charge in [-0.1, -0.05) is 18.2 Å². The van der Waals surface area contributed by atoms with Crippen molar-refractivity contribution in [3.05, 3.63) is 47.7 Å². The van der Waals surface area contributed by atoms with Crippen molar-refractivity contribution in [2.75, 3.05) is 32.1 Å². The molecule has 2 aromatic rings. The Morgan fingerprint density at radius 1 is 1.31 bits per heavy atom. The molecule has 0 aliphatic carbocycles. The number of benzene rings is 1. The van der Waals surface area contributed by atoms with E-state index in [4.69, 9.17) is 9.47 Å².